The summed E-state index contributed by atoms with van der Waals surface area (Å²) >= 11 is 9.41. The van der Waals surface area contributed by atoms with Crippen LogP contribution in [0.2, 0.25) is 5.15 Å². The van der Waals surface area contributed by atoms with Gasteiger partial charge in [0.2, 0.25) is 0 Å². The summed E-state index contributed by atoms with van der Waals surface area (Å²) in [6.45, 7) is 0. The van der Waals surface area contributed by atoms with E-state index in [-0.39, 0.29) is 0 Å². The zero-order valence-corrected chi connectivity index (χ0v) is 11.6. The van der Waals surface area contributed by atoms with E-state index in [0.717, 1.165) is 15.9 Å². The summed E-state index contributed by atoms with van der Waals surface area (Å²) in [4.78, 5) is 3.98. The largest absolute Gasteiger partial charge is 0.282 e. The summed E-state index contributed by atoms with van der Waals surface area (Å²) in [5, 5.41) is 8.56. The maximum Gasteiger partial charge on any atom is 0.198 e. The Morgan fingerprint density at radius 1 is 1.28 bits per heavy atom. The molecule has 3 aromatic rings. The standard InChI is InChI=1S/C12H8BrClN4/c13-9-3-1-2-8(6-9)7-10-16-17-12-11(14)15-4-5-18(10)12/h1-6H,7H2. The summed E-state index contributed by atoms with van der Waals surface area (Å²) in [7, 11) is 0. The van der Waals surface area contributed by atoms with Gasteiger partial charge < -0.3 is 0 Å². The quantitative estimate of drug-likeness (QED) is 0.727. The molecular weight excluding hydrogens is 316 g/mol. The summed E-state index contributed by atoms with van der Waals surface area (Å²) < 4.78 is 2.91. The fraction of sp³-hybridized carbons (Fsp3) is 0.0833. The SMILES string of the molecule is Clc1nccn2c(Cc3cccc(Br)c3)nnc12. The molecule has 18 heavy (non-hydrogen) atoms. The molecule has 1 aromatic carbocycles. The lowest BCUT2D eigenvalue weighted by Gasteiger charge is -2.01. The van der Waals surface area contributed by atoms with Gasteiger partial charge in [0.1, 0.15) is 5.82 Å². The molecule has 0 saturated heterocycles. The zero-order valence-electron chi connectivity index (χ0n) is 9.22. The fourth-order valence-corrected chi connectivity index (χ4v) is 2.43. The van der Waals surface area contributed by atoms with E-state index in [2.05, 4.69) is 43.2 Å². The molecular formula is C12H8BrClN4. The molecule has 0 bridgehead atoms. The molecule has 2 aromatic heterocycles. The highest BCUT2D eigenvalue weighted by atomic mass is 79.9. The van der Waals surface area contributed by atoms with E-state index in [1.165, 1.54) is 0 Å². The van der Waals surface area contributed by atoms with Crippen molar-refractivity contribution in [1.29, 1.82) is 0 Å². The van der Waals surface area contributed by atoms with E-state index in [1.807, 2.05) is 22.7 Å². The maximum atomic E-state index is 5.96. The molecule has 90 valence electrons. The van der Waals surface area contributed by atoms with Crippen LogP contribution in [-0.4, -0.2) is 19.6 Å². The van der Waals surface area contributed by atoms with Crippen LogP contribution in [-0.2, 0) is 6.42 Å². The van der Waals surface area contributed by atoms with Crippen LogP contribution in [0.25, 0.3) is 5.65 Å². The van der Waals surface area contributed by atoms with E-state index in [9.17, 15) is 0 Å². The molecule has 0 aliphatic carbocycles. The number of halogens is 2. The number of fused-ring (bicyclic) bond motifs is 1. The lowest BCUT2D eigenvalue weighted by atomic mass is 10.1. The van der Waals surface area contributed by atoms with Gasteiger partial charge in [0.25, 0.3) is 0 Å². The van der Waals surface area contributed by atoms with Crippen LogP contribution in [0.3, 0.4) is 0 Å². The first kappa shape index (κ1) is 11.6. The Morgan fingerprint density at radius 3 is 3.00 bits per heavy atom. The number of hydrogen-bond donors (Lipinski definition) is 0. The van der Waals surface area contributed by atoms with Gasteiger partial charge in [0.05, 0.1) is 0 Å². The van der Waals surface area contributed by atoms with Crippen molar-refractivity contribution in [2.24, 2.45) is 0 Å². The summed E-state index contributed by atoms with van der Waals surface area (Å²) in [6.07, 6.45) is 4.15. The molecule has 0 aliphatic heterocycles. The Kier molecular flexibility index (Phi) is 3.01. The highest BCUT2D eigenvalue weighted by Gasteiger charge is 2.09. The van der Waals surface area contributed by atoms with Crippen LogP contribution in [0.15, 0.2) is 41.1 Å². The predicted molar refractivity (Wildman–Crippen MR) is 72.7 cm³/mol. The molecule has 0 atom stereocenters. The number of benzene rings is 1. The van der Waals surface area contributed by atoms with Crippen molar-refractivity contribution in [1.82, 2.24) is 19.6 Å². The van der Waals surface area contributed by atoms with Crippen molar-refractivity contribution in [2.45, 2.75) is 6.42 Å². The van der Waals surface area contributed by atoms with Gasteiger partial charge in [0, 0.05) is 23.3 Å². The highest BCUT2D eigenvalue weighted by Crippen LogP contribution is 2.17. The van der Waals surface area contributed by atoms with Crippen molar-refractivity contribution in [3.05, 3.63) is 57.7 Å². The number of aromatic nitrogens is 4. The third-order valence-electron chi connectivity index (χ3n) is 2.61. The van der Waals surface area contributed by atoms with E-state index >= 15 is 0 Å². The van der Waals surface area contributed by atoms with Crippen LogP contribution >= 0.6 is 27.5 Å². The maximum absolute atomic E-state index is 5.96. The number of hydrogen-bond acceptors (Lipinski definition) is 3. The van der Waals surface area contributed by atoms with Crippen molar-refractivity contribution in [2.75, 3.05) is 0 Å². The van der Waals surface area contributed by atoms with Crippen LogP contribution in [0.4, 0.5) is 0 Å². The van der Waals surface area contributed by atoms with Gasteiger partial charge in [0.15, 0.2) is 10.8 Å². The summed E-state index contributed by atoms with van der Waals surface area (Å²) in [5.41, 5.74) is 1.75. The van der Waals surface area contributed by atoms with Gasteiger partial charge in [-0.1, -0.05) is 39.7 Å². The second-order valence-electron chi connectivity index (χ2n) is 3.83. The van der Waals surface area contributed by atoms with E-state index in [4.69, 9.17) is 11.6 Å². The fourth-order valence-electron chi connectivity index (χ4n) is 1.79. The molecule has 4 nitrogen and oxygen atoms in total. The zero-order chi connectivity index (χ0) is 12.5. The smallest absolute Gasteiger partial charge is 0.198 e. The predicted octanol–water partition coefficient (Wildman–Crippen LogP) is 3.13. The molecule has 0 amide bonds. The van der Waals surface area contributed by atoms with E-state index < -0.39 is 0 Å². The van der Waals surface area contributed by atoms with Gasteiger partial charge >= 0.3 is 0 Å². The van der Waals surface area contributed by atoms with Gasteiger partial charge in [-0.25, -0.2) is 4.98 Å². The molecule has 0 fully saturated rings. The Bertz CT molecular complexity index is 710. The van der Waals surface area contributed by atoms with Gasteiger partial charge in [-0.3, -0.25) is 4.40 Å². The second-order valence-corrected chi connectivity index (χ2v) is 5.11. The molecule has 0 unspecified atom stereocenters. The Labute approximate surface area is 117 Å². The molecule has 0 N–H and O–H groups in total. The van der Waals surface area contributed by atoms with Gasteiger partial charge in [-0.2, -0.15) is 0 Å². The third kappa shape index (κ3) is 2.11. The molecule has 6 heteroatoms. The van der Waals surface area contributed by atoms with Gasteiger partial charge in [-0.15, -0.1) is 10.2 Å². The Balaban J connectivity index is 2.03. The Hall–Kier alpha value is -1.46. The minimum absolute atomic E-state index is 0.366. The minimum Gasteiger partial charge on any atom is -0.282 e. The van der Waals surface area contributed by atoms with Crippen LogP contribution in [0.1, 0.15) is 11.4 Å². The lowest BCUT2D eigenvalue weighted by molar-refractivity contribution is 0.931. The van der Waals surface area contributed by atoms with E-state index in [1.54, 1.807) is 6.20 Å². The molecule has 0 saturated carbocycles. The number of rotatable bonds is 2. The van der Waals surface area contributed by atoms with Crippen molar-refractivity contribution in [3.8, 4) is 0 Å². The molecule has 0 aliphatic rings. The summed E-state index contributed by atoms with van der Waals surface area (Å²) in [6, 6.07) is 8.10. The molecule has 0 radical (unpaired) electrons. The molecule has 3 rings (SSSR count). The summed E-state index contributed by atoms with van der Waals surface area (Å²) in [5.74, 6) is 0.840. The first-order valence-electron chi connectivity index (χ1n) is 5.32. The monoisotopic (exact) mass is 322 g/mol. The highest BCUT2D eigenvalue weighted by molar-refractivity contribution is 9.10. The van der Waals surface area contributed by atoms with Crippen molar-refractivity contribution in [3.63, 3.8) is 0 Å². The minimum atomic E-state index is 0.366. The van der Waals surface area contributed by atoms with Crippen LogP contribution < -0.4 is 0 Å². The first-order chi connectivity index (χ1) is 8.74. The average molecular weight is 324 g/mol. The third-order valence-corrected chi connectivity index (χ3v) is 3.37. The normalized spacial score (nSPS) is 11.0. The van der Waals surface area contributed by atoms with Crippen molar-refractivity contribution >= 4 is 33.2 Å². The Morgan fingerprint density at radius 2 is 2.17 bits per heavy atom. The second kappa shape index (κ2) is 4.66. The lowest BCUT2D eigenvalue weighted by Crippen LogP contribution is -1.97. The topological polar surface area (TPSA) is 43.1 Å². The van der Waals surface area contributed by atoms with Crippen LogP contribution in [0, 0.1) is 0 Å². The number of nitrogens with zero attached hydrogens (tertiary/aromatic N) is 4. The first-order valence-corrected chi connectivity index (χ1v) is 6.50. The molecule has 2 heterocycles. The van der Waals surface area contributed by atoms with Crippen LogP contribution in [0.5, 0.6) is 0 Å². The molecule has 0 spiro atoms. The van der Waals surface area contributed by atoms with Crippen molar-refractivity contribution < 1.29 is 0 Å². The van der Waals surface area contributed by atoms with E-state index in [0.29, 0.717) is 17.2 Å². The average Bonchev–Trinajstić information content (AvgIpc) is 2.74. The van der Waals surface area contributed by atoms with Gasteiger partial charge in [-0.05, 0) is 17.7 Å².